The van der Waals surface area contributed by atoms with Crippen LogP contribution in [0.1, 0.15) is 59.8 Å². The lowest BCUT2D eigenvalue weighted by Gasteiger charge is -2.17. The van der Waals surface area contributed by atoms with Crippen molar-refractivity contribution in [1.29, 1.82) is 0 Å². The Labute approximate surface area is 122 Å². The first-order valence-electron chi connectivity index (χ1n) is 7.41. The van der Waals surface area contributed by atoms with Gasteiger partial charge in [-0.1, -0.05) is 34.1 Å². The van der Waals surface area contributed by atoms with Crippen molar-refractivity contribution < 1.29 is 19.1 Å². The average Bonchev–Trinajstić information content (AvgIpc) is 2.37. The fourth-order valence-corrected chi connectivity index (χ4v) is 1.38. The van der Waals surface area contributed by atoms with Gasteiger partial charge in [-0.05, 0) is 24.7 Å². The highest BCUT2D eigenvalue weighted by Gasteiger charge is 2.13. The van der Waals surface area contributed by atoms with Gasteiger partial charge in [0.2, 0.25) is 0 Å². The number of unbranched alkanes of at least 4 members (excludes halogenated alkanes) is 2. The molecule has 0 saturated heterocycles. The molecule has 0 saturated carbocycles. The molecule has 1 N–H and O–H groups in total. The number of alkyl carbamates (subject to hydrolysis) is 1. The topological polar surface area (TPSA) is 64.6 Å². The number of carbonyl (C=O) groups excluding carboxylic acids is 2. The van der Waals surface area contributed by atoms with Crippen molar-refractivity contribution in [2.75, 3.05) is 19.8 Å². The molecule has 0 bridgehead atoms. The van der Waals surface area contributed by atoms with Gasteiger partial charge < -0.3 is 14.8 Å². The van der Waals surface area contributed by atoms with Gasteiger partial charge in [-0.3, -0.25) is 4.79 Å². The molecule has 0 rings (SSSR count). The molecule has 0 aliphatic carbocycles. The maximum atomic E-state index is 11.3. The van der Waals surface area contributed by atoms with Gasteiger partial charge in [0, 0.05) is 13.0 Å². The second kappa shape index (κ2) is 10.5. The Balaban J connectivity index is 3.39. The molecule has 1 amide bonds. The summed E-state index contributed by atoms with van der Waals surface area (Å²) >= 11 is 0. The van der Waals surface area contributed by atoms with Gasteiger partial charge in [0.1, 0.15) is 0 Å². The summed E-state index contributed by atoms with van der Waals surface area (Å²) in [6.45, 7) is 9.49. The van der Waals surface area contributed by atoms with E-state index >= 15 is 0 Å². The largest absolute Gasteiger partial charge is 0.466 e. The highest BCUT2D eigenvalue weighted by molar-refractivity contribution is 5.69. The van der Waals surface area contributed by atoms with Crippen LogP contribution in [0.15, 0.2) is 0 Å². The standard InChI is InChI=1S/C15H29NO4/c1-5-11-19-13(17)9-7-6-8-10-16-14(18)20-12-15(2,3)4/h5-12H2,1-4H3,(H,16,18). The van der Waals surface area contributed by atoms with E-state index in [1.165, 1.54) is 0 Å². The maximum absolute atomic E-state index is 11.3. The van der Waals surface area contributed by atoms with E-state index in [1.807, 2.05) is 27.7 Å². The van der Waals surface area contributed by atoms with Crippen molar-refractivity contribution in [1.82, 2.24) is 5.32 Å². The highest BCUT2D eigenvalue weighted by Crippen LogP contribution is 2.12. The van der Waals surface area contributed by atoms with Crippen LogP contribution in [0.2, 0.25) is 0 Å². The lowest BCUT2D eigenvalue weighted by atomic mass is 9.99. The molecular formula is C15H29NO4. The predicted octanol–water partition coefficient (Wildman–Crippen LogP) is 3.27. The van der Waals surface area contributed by atoms with E-state index in [4.69, 9.17) is 9.47 Å². The number of rotatable bonds is 9. The Morgan fingerprint density at radius 2 is 1.75 bits per heavy atom. The van der Waals surface area contributed by atoms with Crippen LogP contribution in [0.4, 0.5) is 4.79 Å². The summed E-state index contributed by atoms with van der Waals surface area (Å²) in [5.41, 5.74) is -0.0177. The Morgan fingerprint density at radius 1 is 1.05 bits per heavy atom. The lowest BCUT2D eigenvalue weighted by molar-refractivity contribution is -0.143. The first-order chi connectivity index (χ1) is 9.35. The van der Waals surface area contributed by atoms with Crippen molar-refractivity contribution in [3.8, 4) is 0 Å². The lowest BCUT2D eigenvalue weighted by Crippen LogP contribution is -2.28. The molecule has 0 spiro atoms. The van der Waals surface area contributed by atoms with Crippen molar-refractivity contribution in [3.05, 3.63) is 0 Å². The number of carbonyl (C=O) groups is 2. The van der Waals surface area contributed by atoms with Crippen molar-refractivity contribution in [2.45, 2.75) is 59.8 Å². The number of esters is 1. The second-order valence-corrected chi connectivity index (χ2v) is 6.09. The summed E-state index contributed by atoms with van der Waals surface area (Å²) in [7, 11) is 0. The van der Waals surface area contributed by atoms with E-state index in [0.717, 1.165) is 25.7 Å². The predicted molar refractivity (Wildman–Crippen MR) is 78.5 cm³/mol. The van der Waals surface area contributed by atoms with Crippen LogP contribution in [-0.4, -0.2) is 31.8 Å². The summed E-state index contributed by atoms with van der Waals surface area (Å²) < 4.78 is 10.0. The van der Waals surface area contributed by atoms with Gasteiger partial charge in [-0.2, -0.15) is 0 Å². The molecule has 0 aliphatic rings. The summed E-state index contributed by atoms with van der Waals surface area (Å²) in [5, 5.41) is 2.70. The number of hydrogen-bond donors (Lipinski definition) is 1. The summed E-state index contributed by atoms with van der Waals surface area (Å²) in [6.07, 6.45) is 3.46. The monoisotopic (exact) mass is 287 g/mol. The zero-order valence-electron chi connectivity index (χ0n) is 13.3. The minimum absolute atomic E-state index is 0.0177. The van der Waals surface area contributed by atoms with E-state index in [9.17, 15) is 9.59 Å². The molecule has 0 atom stereocenters. The smallest absolute Gasteiger partial charge is 0.407 e. The van der Waals surface area contributed by atoms with Crippen LogP contribution < -0.4 is 5.32 Å². The molecule has 0 aromatic rings. The van der Waals surface area contributed by atoms with Gasteiger partial charge in [0.05, 0.1) is 13.2 Å². The molecular weight excluding hydrogens is 258 g/mol. The number of nitrogens with one attached hydrogen (secondary N) is 1. The van der Waals surface area contributed by atoms with Crippen LogP contribution in [0.5, 0.6) is 0 Å². The van der Waals surface area contributed by atoms with Crippen molar-refractivity contribution in [2.24, 2.45) is 5.41 Å². The molecule has 0 aromatic heterocycles. The molecule has 0 heterocycles. The third-order valence-corrected chi connectivity index (χ3v) is 2.43. The molecule has 20 heavy (non-hydrogen) atoms. The van der Waals surface area contributed by atoms with E-state index in [2.05, 4.69) is 5.32 Å². The SMILES string of the molecule is CCCOC(=O)CCCCCNC(=O)OCC(C)(C)C. The summed E-state index contributed by atoms with van der Waals surface area (Å²) in [4.78, 5) is 22.6. The van der Waals surface area contributed by atoms with Crippen molar-refractivity contribution >= 4 is 12.1 Å². The fraction of sp³-hybridized carbons (Fsp3) is 0.867. The zero-order chi connectivity index (χ0) is 15.4. The first-order valence-corrected chi connectivity index (χ1v) is 7.41. The fourth-order valence-electron chi connectivity index (χ4n) is 1.38. The van der Waals surface area contributed by atoms with E-state index in [0.29, 0.717) is 26.2 Å². The second-order valence-electron chi connectivity index (χ2n) is 6.09. The minimum atomic E-state index is -0.373. The first kappa shape index (κ1) is 18.7. The van der Waals surface area contributed by atoms with Crippen LogP contribution in [-0.2, 0) is 14.3 Å². The zero-order valence-corrected chi connectivity index (χ0v) is 13.3. The van der Waals surface area contributed by atoms with Crippen molar-refractivity contribution in [3.63, 3.8) is 0 Å². The molecule has 5 nitrogen and oxygen atoms in total. The Morgan fingerprint density at radius 3 is 2.35 bits per heavy atom. The van der Waals surface area contributed by atoms with Crippen LogP contribution in [0, 0.1) is 5.41 Å². The summed E-state index contributed by atoms with van der Waals surface area (Å²) in [5.74, 6) is -0.135. The van der Waals surface area contributed by atoms with Gasteiger partial charge >= 0.3 is 12.1 Å². The third kappa shape index (κ3) is 13.2. The number of hydrogen-bond acceptors (Lipinski definition) is 4. The Bertz CT molecular complexity index is 284. The van der Waals surface area contributed by atoms with E-state index in [1.54, 1.807) is 0 Å². The molecule has 0 radical (unpaired) electrons. The summed E-state index contributed by atoms with van der Waals surface area (Å²) in [6, 6.07) is 0. The van der Waals surface area contributed by atoms with Gasteiger partial charge in [-0.25, -0.2) is 4.79 Å². The van der Waals surface area contributed by atoms with Gasteiger partial charge in [0.15, 0.2) is 0 Å². The number of ether oxygens (including phenoxy) is 2. The molecule has 0 aliphatic heterocycles. The number of amides is 1. The minimum Gasteiger partial charge on any atom is -0.466 e. The molecule has 5 heteroatoms. The van der Waals surface area contributed by atoms with E-state index in [-0.39, 0.29) is 17.5 Å². The Kier molecular flexibility index (Phi) is 9.86. The molecule has 118 valence electrons. The molecule has 0 unspecified atom stereocenters. The van der Waals surface area contributed by atoms with Gasteiger partial charge in [-0.15, -0.1) is 0 Å². The highest BCUT2D eigenvalue weighted by atomic mass is 16.5. The normalized spacial score (nSPS) is 11.0. The molecule has 0 aromatic carbocycles. The third-order valence-electron chi connectivity index (χ3n) is 2.43. The molecule has 0 fully saturated rings. The Hall–Kier alpha value is -1.26. The maximum Gasteiger partial charge on any atom is 0.407 e. The van der Waals surface area contributed by atoms with Crippen LogP contribution >= 0.6 is 0 Å². The quantitative estimate of drug-likeness (QED) is 0.522. The van der Waals surface area contributed by atoms with Crippen LogP contribution in [0.25, 0.3) is 0 Å². The van der Waals surface area contributed by atoms with Gasteiger partial charge in [0.25, 0.3) is 0 Å². The van der Waals surface area contributed by atoms with E-state index < -0.39 is 0 Å². The van der Waals surface area contributed by atoms with Crippen LogP contribution in [0.3, 0.4) is 0 Å². The average molecular weight is 287 g/mol.